The summed E-state index contributed by atoms with van der Waals surface area (Å²) in [5, 5.41) is 13.8. The van der Waals surface area contributed by atoms with Gasteiger partial charge in [-0.1, -0.05) is 0 Å². The number of methoxy groups -OCH3 is 1. The number of nitrogens with zero attached hydrogens (tertiary/aromatic N) is 2. The van der Waals surface area contributed by atoms with Gasteiger partial charge in [0.2, 0.25) is 0 Å². The third-order valence-corrected chi connectivity index (χ3v) is 2.56. The van der Waals surface area contributed by atoms with Crippen molar-refractivity contribution in [3.8, 4) is 0 Å². The number of oxazole rings is 1. The Kier molecular flexibility index (Phi) is 3.94. The van der Waals surface area contributed by atoms with E-state index in [0.717, 1.165) is 0 Å². The van der Waals surface area contributed by atoms with Gasteiger partial charge >= 0.3 is 5.97 Å². The molecule has 1 aromatic heterocycles. The molecule has 104 valence electrons. The van der Waals surface area contributed by atoms with Crippen molar-refractivity contribution in [1.82, 2.24) is 4.98 Å². The number of nitro groups is 1. The van der Waals surface area contributed by atoms with Crippen LogP contribution in [0.5, 0.6) is 0 Å². The topological polar surface area (TPSA) is 108 Å². The van der Waals surface area contributed by atoms with Crippen molar-refractivity contribution in [1.29, 1.82) is 0 Å². The zero-order valence-electron chi connectivity index (χ0n) is 10.5. The Morgan fingerprint density at radius 2 is 2.35 bits per heavy atom. The summed E-state index contributed by atoms with van der Waals surface area (Å²) in [5.41, 5.74) is 0.880. The normalized spacial score (nSPS) is 10.1. The molecule has 0 aliphatic rings. The van der Waals surface area contributed by atoms with Gasteiger partial charge in [-0.2, -0.15) is 0 Å². The Morgan fingerprint density at radius 1 is 1.55 bits per heavy atom. The first kappa shape index (κ1) is 13.5. The van der Waals surface area contributed by atoms with E-state index in [4.69, 9.17) is 4.42 Å². The van der Waals surface area contributed by atoms with Gasteiger partial charge < -0.3 is 14.5 Å². The maximum Gasteiger partial charge on any atom is 0.337 e. The highest BCUT2D eigenvalue weighted by molar-refractivity contribution is 5.91. The van der Waals surface area contributed by atoms with Crippen LogP contribution in [0.3, 0.4) is 0 Å². The lowest BCUT2D eigenvalue weighted by Crippen LogP contribution is -2.06. The van der Waals surface area contributed by atoms with Crippen LogP contribution in [0.4, 0.5) is 11.4 Å². The molecule has 2 aromatic rings. The molecular weight excluding hydrogens is 266 g/mol. The fourth-order valence-corrected chi connectivity index (χ4v) is 1.59. The fraction of sp³-hybridized carbons (Fsp3) is 0.167. The average Bonchev–Trinajstić information content (AvgIpc) is 2.97. The Bertz CT molecular complexity index is 624. The van der Waals surface area contributed by atoms with Crippen LogP contribution >= 0.6 is 0 Å². The monoisotopic (exact) mass is 277 g/mol. The van der Waals surface area contributed by atoms with Crippen molar-refractivity contribution in [2.75, 3.05) is 12.4 Å². The zero-order chi connectivity index (χ0) is 14.5. The minimum Gasteiger partial charge on any atom is -0.465 e. The van der Waals surface area contributed by atoms with Crippen LogP contribution in [0, 0.1) is 10.1 Å². The summed E-state index contributed by atoms with van der Waals surface area (Å²) in [6, 6.07) is 3.95. The summed E-state index contributed by atoms with van der Waals surface area (Å²) in [5.74, 6) is -0.565. The minimum absolute atomic E-state index is 0.138. The maximum absolute atomic E-state index is 11.4. The van der Waals surface area contributed by atoms with Crippen molar-refractivity contribution >= 4 is 17.3 Å². The lowest BCUT2D eigenvalue weighted by Gasteiger charge is -2.07. The van der Waals surface area contributed by atoms with E-state index in [1.807, 2.05) is 0 Å². The van der Waals surface area contributed by atoms with Crippen LogP contribution in [-0.4, -0.2) is 23.0 Å². The summed E-state index contributed by atoms with van der Waals surface area (Å²) in [6.45, 7) is 0.238. The molecule has 0 fully saturated rings. The number of carbonyl (C=O) groups is 1. The largest absolute Gasteiger partial charge is 0.465 e. The molecule has 0 amide bonds. The highest BCUT2D eigenvalue weighted by Crippen LogP contribution is 2.26. The number of hydrogen-bond acceptors (Lipinski definition) is 7. The molecule has 0 aliphatic carbocycles. The number of benzene rings is 1. The van der Waals surface area contributed by atoms with Crippen LogP contribution in [0.25, 0.3) is 0 Å². The summed E-state index contributed by atoms with van der Waals surface area (Å²) in [7, 11) is 1.24. The molecule has 0 saturated carbocycles. The number of carbonyl (C=O) groups excluding carboxylic acids is 1. The molecule has 1 aromatic carbocycles. The van der Waals surface area contributed by atoms with Gasteiger partial charge in [-0.25, -0.2) is 9.78 Å². The van der Waals surface area contributed by atoms with E-state index in [0.29, 0.717) is 5.69 Å². The summed E-state index contributed by atoms with van der Waals surface area (Å²) < 4.78 is 9.38. The Labute approximate surface area is 113 Å². The highest BCUT2D eigenvalue weighted by Gasteiger charge is 2.17. The van der Waals surface area contributed by atoms with Crippen LogP contribution < -0.4 is 5.32 Å². The van der Waals surface area contributed by atoms with Gasteiger partial charge in [-0.3, -0.25) is 10.1 Å². The van der Waals surface area contributed by atoms with E-state index in [2.05, 4.69) is 15.0 Å². The Morgan fingerprint density at radius 3 is 2.95 bits per heavy atom. The lowest BCUT2D eigenvalue weighted by atomic mass is 10.1. The first-order chi connectivity index (χ1) is 9.61. The van der Waals surface area contributed by atoms with Gasteiger partial charge in [0.25, 0.3) is 5.69 Å². The molecule has 0 atom stereocenters. The molecule has 8 heteroatoms. The number of ether oxygens (including phenoxy) is 1. The number of esters is 1. The molecule has 0 radical (unpaired) electrons. The van der Waals surface area contributed by atoms with E-state index in [9.17, 15) is 14.9 Å². The van der Waals surface area contributed by atoms with E-state index in [1.54, 1.807) is 0 Å². The van der Waals surface area contributed by atoms with Crippen LogP contribution in [0.15, 0.2) is 35.3 Å². The van der Waals surface area contributed by atoms with Crippen molar-refractivity contribution in [2.24, 2.45) is 0 Å². The minimum atomic E-state index is -0.565. The lowest BCUT2D eigenvalue weighted by molar-refractivity contribution is -0.384. The van der Waals surface area contributed by atoms with Gasteiger partial charge in [-0.05, 0) is 12.1 Å². The second kappa shape index (κ2) is 5.83. The van der Waals surface area contributed by atoms with Crippen LogP contribution in [0.1, 0.15) is 16.1 Å². The molecule has 0 aliphatic heterocycles. The van der Waals surface area contributed by atoms with E-state index < -0.39 is 10.9 Å². The second-order valence-corrected chi connectivity index (χ2v) is 3.81. The van der Waals surface area contributed by atoms with Crippen molar-refractivity contribution < 1.29 is 18.9 Å². The number of hydrogen-bond donors (Lipinski definition) is 1. The Balaban J connectivity index is 2.26. The zero-order valence-corrected chi connectivity index (χ0v) is 10.5. The predicted octanol–water partition coefficient (Wildman–Crippen LogP) is 1.98. The molecule has 1 heterocycles. The summed E-state index contributed by atoms with van der Waals surface area (Å²) in [4.78, 5) is 25.7. The molecule has 0 unspecified atom stereocenters. The van der Waals surface area contributed by atoms with Crippen molar-refractivity contribution in [3.05, 3.63) is 52.2 Å². The van der Waals surface area contributed by atoms with Gasteiger partial charge in [0.05, 0.1) is 29.8 Å². The molecule has 1 N–H and O–H groups in total. The fourth-order valence-electron chi connectivity index (χ4n) is 1.59. The predicted molar refractivity (Wildman–Crippen MR) is 68.3 cm³/mol. The molecule has 0 spiro atoms. The smallest absolute Gasteiger partial charge is 0.337 e. The number of anilines is 1. The van der Waals surface area contributed by atoms with Crippen LogP contribution in [0.2, 0.25) is 0 Å². The third-order valence-electron chi connectivity index (χ3n) is 2.56. The van der Waals surface area contributed by atoms with Crippen molar-refractivity contribution in [2.45, 2.75) is 6.54 Å². The van der Waals surface area contributed by atoms with Gasteiger partial charge in [0.15, 0.2) is 6.39 Å². The SMILES string of the molecule is COC(=O)c1ccc([N+](=O)[O-])c(NCc2cocn2)c1. The number of rotatable bonds is 5. The molecule has 20 heavy (non-hydrogen) atoms. The van der Waals surface area contributed by atoms with Gasteiger partial charge in [0, 0.05) is 6.07 Å². The van der Waals surface area contributed by atoms with E-state index in [-0.39, 0.29) is 23.5 Å². The molecular formula is C12H11N3O5. The summed E-state index contributed by atoms with van der Waals surface area (Å²) in [6.07, 6.45) is 2.68. The Hall–Kier alpha value is -2.90. The molecule has 2 rings (SSSR count). The van der Waals surface area contributed by atoms with Crippen LogP contribution in [-0.2, 0) is 11.3 Å². The third kappa shape index (κ3) is 2.91. The molecule has 0 bridgehead atoms. The van der Waals surface area contributed by atoms with Gasteiger partial charge in [0.1, 0.15) is 12.0 Å². The van der Waals surface area contributed by atoms with E-state index in [1.165, 1.54) is 38.0 Å². The summed E-state index contributed by atoms with van der Waals surface area (Å²) >= 11 is 0. The molecule has 8 nitrogen and oxygen atoms in total. The maximum atomic E-state index is 11.4. The van der Waals surface area contributed by atoms with E-state index >= 15 is 0 Å². The first-order valence-electron chi connectivity index (χ1n) is 5.59. The van der Waals surface area contributed by atoms with Crippen molar-refractivity contribution in [3.63, 3.8) is 0 Å². The standard InChI is InChI=1S/C12H11N3O5/c1-19-12(16)8-2-3-11(15(17)18)10(4-8)13-5-9-6-20-7-14-9/h2-4,6-7,13H,5H2,1H3. The highest BCUT2D eigenvalue weighted by atomic mass is 16.6. The second-order valence-electron chi connectivity index (χ2n) is 3.81. The number of nitro benzene ring substituents is 1. The molecule has 0 saturated heterocycles. The quantitative estimate of drug-likeness (QED) is 0.505. The number of aromatic nitrogens is 1. The average molecular weight is 277 g/mol. The number of nitrogens with one attached hydrogen (secondary N) is 1. The first-order valence-corrected chi connectivity index (χ1v) is 5.59. The van der Waals surface area contributed by atoms with Gasteiger partial charge in [-0.15, -0.1) is 0 Å².